The first-order chi connectivity index (χ1) is 13.5. The first-order valence-corrected chi connectivity index (χ1v) is 10.4. The Hall–Kier alpha value is -2.26. The number of aliphatic hydroxyl groups excluding tert-OH is 1. The van der Waals surface area contributed by atoms with E-state index in [1.165, 1.54) is 11.8 Å². The molecule has 0 saturated heterocycles. The molecule has 0 saturated carbocycles. The number of aliphatic hydroxyl groups is 1. The lowest BCUT2D eigenvalue weighted by Gasteiger charge is -2.04. The number of carbonyl (C=O) groups is 1. The molecule has 0 aliphatic carbocycles. The summed E-state index contributed by atoms with van der Waals surface area (Å²) in [4.78, 5) is 17.5. The Labute approximate surface area is 181 Å². The van der Waals surface area contributed by atoms with Gasteiger partial charge in [-0.2, -0.15) is 0 Å². The van der Waals surface area contributed by atoms with Crippen molar-refractivity contribution in [1.82, 2.24) is 0 Å². The minimum absolute atomic E-state index is 0.0881. The molecule has 0 spiro atoms. The van der Waals surface area contributed by atoms with Gasteiger partial charge in [-0.05, 0) is 65.4 Å². The van der Waals surface area contributed by atoms with Crippen LogP contribution in [0.4, 0.5) is 5.69 Å². The van der Waals surface area contributed by atoms with Crippen molar-refractivity contribution in [2.24, 2.45) is 4.99 Å². The number of methoxy groups -OCH3 is 1. The van der Waals surface area contributed by atoms with E-state index in [1.807, 2.05) is 54.6 Å². The fourth-order valence-corrected chi connectivity index (χ4v) is 4.33. The van der Waals surface area contributed by atoms with Gasteiger partial charge in [0.1, 0.15) is 22.1 Å². The van der Waals surface area contributed by atoms with Gasteiger partial charge in [-0.1, -0.05) is 36.0 Å². The number of ether oxygens (including phenoxy) is 2. The van der Waals surface area contributed by atoms with Gasteiger partial charge < -0.3 is 14.6 Å². The molecule has 1 aliphatic rings. The third-order valence-corrected chi connectivity index (χ3v) is 5.69. The summed E-state index contributed by atoms with van der Waals surface area (Å²) in [6.07, 6.45) is 1.81. The number of para-hydroxylation sites is 1. The topological polar surface area (TPSA) is 68.1 Å². The van der Waals surface area contributed by atoms with Crippen molar-refractivity contribution in [1.29, 1.82) is 0 Å². The van der Waals surface area contributed by atoms with Crippen LogP contribution in [0.25, 0.3) is 6.08 Å². The van der Waals surface area contributed by atoms with Crippen molar-refractivity contribution < 1.29 is 19.4 Å². The fourth-order valence-electron chi connectivity index (χ4n) is 2.54. The number of esters is 1. The number of hydrogen-bond donors (Lipinski definition) is 1. The maximum atomic E-state index is 12.4. The van der Waals surface area contributed by atoms with Gasteiger partial charge in [0.15, 0.2) is 0 Å². The summed E-state index contributed by atoms with van der Waals surface area (Å²) in [5, 5.41) is 11.1. The lowest BCUT2D eigenvalue weighted by atomic mass is 10.1. The quantitative estimate of drug-likeness (QED) is 0.428. The van der Waals surface area contributed by atoms with E-state index in [9.17, 15) is 9.90 Å². The summed E-state index contributed by atoms with van der Waals surface area (Å²) >= 11 is 3.43. The Bertz CT molecular complexity index is 983. The maximum absolute atomic E-state index is 12.4. The molecule has 0 bridgehead atoms. The summed E-state index contributed by atoms with van der Waals surface area (Å²) in [5.74, 6) is 0.0685. The van der Waals surface area contributed by atoms with E-state index in [0.29, 0.717) is 15.6 Å². The molecule has 0 radical (unpaired) electrons. The third kappa shape index (κ3) is 4.59. The average molecular weight is 507 g/mol. The van der Waals surface area contributed by atoms with Gasteiger partial charge in [-0.15, -0.1) is 0 Å². The van der Waals surface area contributed by atoms with Crippen LogP contribution in [0, 0.1) is 3.57 Å². The number of rotatable bonds is 5. The molecule has 1 heterocycles. The van der Waals surface area contributed by atoms with Crippen LogP contribution < -0.4 is 4.74 Å². The molecule has 1 N–H and O–H groups in total. The van der Waals surface area contributed by atoms with Gasteiger partial charge in [0, 0.05) is 0 Å². The number of thioether (sulfide) groups is 1. The summed E-state index contributed by atoms with van der Waals surface area (Å²) in [7, 11) is 1.62. The molecule has 0 atom stereocenters. The molecule has 0 amide bonds. The lowest BCUT2D eigenvalue weighted by Crippen LogP contribution is -2.12. The van der Waals surface area contributed by atoms with E-state index in [2.05, 4.69) is 27.6 Å². The molecule has 0 unspecified atom stereocenters. The third-order valence-electron chi connectivity index (χ3n) is 3.83. The molecule has 2 aromatic rings. The zero-order chi connectivity index (χ0) is 20.1. The van der Waals surface area contributed by atoms with Gasteiger partial charge in [-0.3, -0.25) is 0 Å². The van der Waals surface area contributed by atoms with E-state index < -0.39 is 5.97 Å². The molecular formula is C21H18INO4S. The number of aliphatic imine (C=N–C) groups is 1. The predicted molar refractivity (Wildman–Crippen MR) is 121 cm³/mol. The van der Waals surface area contributed by atoms with E-state index in [-0.39, 0.29) is 17.9 Å². The normalized spacial score (nSPS) is 16.7. The van der Waals surface area contributed by atoms with Crippen LogP contribution >= 0.6 is 34.4 Å². The molecule has 144 valence electrons. The zero-order valence-corrected chi connectivity index (χ0v) is 18.3. The van der Waals surface area contributed by atoms with Gasteiger partial charge in [-0.25, -0.2) is 9.79 Å². The summed E-state index contributed by atoms with van der Waals surface area (Å²) in [5.41, 5.74) is 1.66. The van der Waals surface area contributed by atoms with Crippen LogP contribution in [-0.2, 0) is 9.53 Å². The molecule has 0 aromatic heterocycles. The van der Waals surface area contributed by atoms with Crippen molar-refractivity contribution in [3.05, 3.63) is 73.9 Å². The van der Waals surface area contributed by atoms with Crippen molar-refractivity contribution in [2.75, 3.05) is 13.7 Å². The van der Waals surface area contributed by atoms with E-state index in [0.717, 1.165) is 14.9 Å². The number of carbonyl (C=O) groups excluding carboxylic acids is 1. The van der Waals surface area contributed by atoms with E-state index in [1.54, 1.807) is 14.0 Å². The number of hydrogen-bond acceptors (Lipinski definition) is 6. The minimum atomic E-state index is -0.588. The lowest BCUT2D eigenvalue weighted by molar-refractivity contribution is -0.138. The Morgan fingerprint density at radius 1 is 1.25 bits per heavy atom. The van der Waals surface area contributed by atoms with Crippen LogP contribution in [-0.4, -0.2) is 29.8 Å². The number of benzene rings is 2. The summed E-state index contributed by atoms with van der Waals surface area (Å²) in [6, 6.07) is 15.0. The molecule has 1 aliphatic heterocycles. The molecule has 2 aromatic carbocycles. The van der Waals surface area contributed by atoms with Crippen molar-refractivity contribution in [2.45, 2.75) is 6.92 Å². The van der Waals surface area contributed by atoms with Crippen LogP contribution in [0.2, 0.25) is 0 Å². The van der Waals surface area contributed by atoms with E-state index in [4.69, 9.17) is 9.47 Å². The number of halogens is 1. The highest BCUT2D eigenvalue weighted by atomic mass is 127. The second-order valence-corrected chi connectivity index (χ2v) is 7.89. The minimum Gasteiger partial charge on any atom is -0.506 e. The monoisotopic (exact) mass is 507 g/mol. The largest absolute Gasteiger partial charge is 0.506 e. The van der Waals surface area contributed by atoms with Crippen molar-refractivity contribution in [3.63, 3.8) is 0 Å². The van der Waals surface area contributed by atoms with E-state index >= 15 is 0 Å². The second-order valence-electron chi connectivity index (χ2n) is 5.70. The van der Waals surface area contributed by atoms with Crippen LogP contribution in [0.3, 0.4) is 0 Å². The standard InChI is InChI=1S/C21H18INO4S/c1-3-27-21(25)18-19(24)17(12-13-9-10-16(26-2)15(22)11-13)28-20(18)23-14-7-5-4-6-8-14/h4-12,24H,3H2,1-2H3/b17-12-,23-20?. The van der Waals surface area contributed by atoms with Crippen LogP contribution in [0.1, 0.15) is 12.5 Å². The van der Waals surface area contributed by atoms with Gasteiger partial charge in [0.25, 0.3) is 0 Å². The fraction of sp³-hybridized carbons (Fsp3) is 0.143. The molecule has 5 nitrogen and oxygen atoms in total. The van der Waals surface area contributed by atoms with Gasteiger partial charge in [0.2, 0.25) is 0 Å². The van der Waals surface area contributed by atoms with Crippen molar-refractivity contribution >= 4 is 57.1 Å². The second kappa shape index (κ2) is 9.29. The Balaban J connectivity index is 2.02. The predicted octanol–water partition coefficient (Wildman–Crippen LogP) is 5.49. The first kappa shape index (κ1) is 20.5. The Kier molecular flexibility index (Phi) is 6.79. The number of nitrogens with zero attached hydrogens (tertiary/aromatic N) is 1. The molecule has 7 heteroatoms. The van der Waals surface area contributed by atoms with Gasteiger partial charge >= 0.3 is 5.97 Å². The maximum Gasteiger partial charge on any atom is 0.344 e. The molecule has 3 rings (SSSR count). The van der Waals surface area contributed by atoms with Crippen molar-refractivity contribution in [3.8, 4) is 5.75 Å². The summed E-state index contributed by atoms with van der Waals surface area (Å²) < 4.78 is 11.3. The Morgan fingerprint density at radius 2 is 2.00 bits per heavy atom. The molecular weight excluding hydrogens is 489 g/mol. The highest BCUT2D eigenvalue weighted by Crippen LogP contribution is 2.40. The average Bonchev–Trinajstić information content (AvgIpc) is 2.98. The zero-order valence-electron chi connectivity index (χ0n) is 15.3. The Morgan fingerprint density at radius 3 is 2.64 bits per heavy atom. The molecule has 0 fully saturated rings. The summed E-state index contributed by atoms with van der Waals surface area (Å²) in [6.45, 7) is 1.94. The first-order valence-electron chi connectivity index (χ1n) is 8.51. The SMILES string of the molecule is CCOC(=O)C1=C(O)/C(=C/c2ccc(OC)c(I)c2)SC1=Nc1ccccc1. The van der Waals surface area contributed by atoms with Crippen LogP contribution in [0.5, 0.6) is 5.75 Å². The van der Waals surface area contributed by atoms with Crippen LogP contribution in [0.15, 0.2) is 69.8 Å². The highest BCUT2D eigenvalue weighted by Gasteiger charge is 2.33. The highest BCUT2D eigenvalue weighted by molar-refractivity contribution is 14.1. The molecule has 28 heavy (non-hydrogen) atoms. The smallest absolute Gasteiger partial charge is 0.344 e. The van der Waals surface area contributed by atoms with Gasteiger partial charge in [0.05, 0.1) is 27.9 Å².